The largest absolute Gasteiger partial charge is 0.352 e. The average Bonchev–Trinajstić information content (AvgIpc) is 2.83. The number of hydrogen-bond acceptors (Lipinski definition) is 1. The monoisotopic (exact) mass is 234 g/mol. The van der Waals surface area contributed by atoms with Crippen molar-refractivity contribution >= 4 is 0 Å². The average molecular weight is 234 g/mol. The Morgan fingerprint density at radius 1 is 1.41 bits per heavy atom. The minimum absolute atomic E-state index is 0.332. The fourth-order valence-corrected chi connectivity index (χ4v) is 3.13. The molecule has 1 N–H and O–H groups in total. The number of hydrogen-bond donors (Lipinski definition) is 1. The van der Waals surface area contributed by atoms with Gasteiger partial charge in [0.15, 0.2) is 0 Å². The molecule has 0 saturated carbocycles. The summed E-state index contributed by atoms with van der Waals surface area (Å²) in [5.41, 5.74) is 4.65. The lowest BCUT2D eigenvalue weighted by atomic mass is 9.80. The first-order valence-corrected chi connectivity index (χ1v) is 6.83. The van der Waals surface area contributed by atoms with Crippen LogP contribution < -0.4 is 5.32 Å². The molecule has 1 unspecified atom stereocenters. The molecule has 1 aromatic heterocycles. The minimum Gasteiger partial charge on any atom is -0.352 e. The van der Waals surface area contributed by atoms with E-state index in [1.165, 1.54) is 42.8 Å². The van der Waals surface area contributed by atoms with Crippen LogP contribution in [0.5, 0.6) is 0 Å². The molecule has 1 atom stereocenters. The first kappa shape index (κ1) is 12.7. The molecule has 0 radical (unpaired) electrons. The van der Waals surface area contributed by atoms with Crippen molar-refractivity contribution in [1.29, 1.82) is 0 Å². The molecule has 1 aliphatic heterocycles. The lowest BCUT2D eigenvalue weighted by molar-refractivity contribution is 0.269. The SMILES string of the molecule is Cc1cc(CC2(C(C)C)CCCN2)c(C)n1C. The van der Waals surface area contributed by atoms with E-state index in [1.54, 1.807) is 0 Å². The Morgan fingerprint density at radius 2 is 2.12 bits per heavy atom. The molecular weight excluding hydrogens is 208 g/mol. The summed E-state index contributed by atoms with van der Waals surface area (Å²) in [6, 6.07) is 2.36. The maximum absolute atomic E-state index is 3.76. The van der Waals surface area contributed by atoms with Gasteiger partial charge in [0.2, 0.25) is 0 Å². The second-order valence-electron chi connectivity index (χ2n) is 5.97. The van der Waals surface area contributed by atoms with Gasteiger partial charge in [-0.15, -0.1) is 0 Å². The van der Waals surface area contributed by atoms with Crippen LogP contribution >= 0.6 is 0 Å². The molecule has 2 heterocycles. The quantitative estimate of drug-likeness (QED) is 0.851. The summed E-state index contributed by atoms with van der Waals surface area (Å²) in [5.74, 6) is 0.699. The molecule has 1 fully saturated rings. The molecule has 17 heavy (non-hydrogen) atoms. The molecule has 1 saturated heterocycles. The molecule has 2 nitrogen and oxygen atoms in total. The van der Waals surface area contributed by atoms with Gasteiger partial charge < -0.3 is 9.88 Å². The van der Waals surface area contributed by atoms with E-state index in [9.17, 15) is 0 Å². The molecule has 96 valence electrons. The van der Waals surface area contributed by atoms with E-state index in [4.69, 9.17) is 0 Å². The predicted molar refractivity (Wildman–Crippen MR) is 73.4 cm³/mol. The van der Waals surface area contributed by atoms with Gasteiger partial charge in [0.25, 0.3) is 0 Å². The number of aryl methyl sites for hydroxylation is 1. The van der Waals surface area contributed by atoms with E-state index < -0.39 is 0 Å². The molecular formula is C15H26N2. The van der Waals surface area contributed by atoms with Crippen LogP contribution in [-0.2, 0) is 13.5 Å². The maximum atomic E-state index is 3.76. The van der Waals surface area contributed by atoms with Crippen LogP contribution in [0.2, 0.25) is 0 Å². The third-order valence-electron chi connectivity index (χ3n) is 4.77. The van der Waals surface area contributed by atoms with Gasteiger partial charge in [0, 0.05) is 24.0 Å². The van der Waals surface area contributed by atoms with Crippen LogP contribution in [0.25, 0.3) is 0 Å². The van der Waals surface area contributed by atoms with Crippen LogP contribution in [0.15, 0.2) is 6.07 Å². The van der Waals surface area contributed by atoms with Gasteiger partial charge in [-0.1, -0.05) is 13.8 Å². The molecule has 0 bridgehead atoms. The summed E-state index contributed by atoms with van der Waals surface area (Å²) in [5, 5.41) is 3.76. The molecule has 0 aromatic carbocycles. The van der Waals surface area contributed by atoms with Crippen molar-refractivity contribution in [2.75, 3.05) is 6.54 Å². The van der Waals surface area contributed by atoms with E-state index in [1.807, 2.05) is 0 Å². The zero-order chi connectivity index (χ0) is 12.6. The zero-order valence-electron chi connectivity index (χ0n) is 11.9. The number of rotatable bonds is 3. The maximum Gasteiger partial charge on any atom is 0.0245 e. The highest BCUT2D eigenvalue weighted by Crippen LogP contribution is 2.32. The first-order valence-electron chi connectivity index (χ1n) is 6.83. The molecule has 2 rings (SSSR count). The van der Waals surface area contributed by atoms with Crippen molar-refractivity contribution in [2.45, 2.75) is 52.5 Å². The molecule has 1 aromatic rings. The zero-order valence-corrected chi connectivity index (χ0v) is 11.9. The molecule has 0 amide bonds. The fourth-order valence-electron chi connectivity index (χ4n) is 3.13. The Morgan fingerprint density at radius 3 is 2.53 bits per heavy atom. The molecule has 1 aliphatic rings. The van der Waals surface area contributed by atoms with Gasteiger partial charge >= 0.3 is 0 Å². The van der Waals surface area contributed by atoms with E-state index >= 15 is 0 Å². The van der Waals surface area contributed by atoms with Gasteiger partial charge in [-0.2, -0.15) is 0 Å². The summed E-state index contributed by atoms with van der Waals surface area (Å²) in [6.45, 7) is 10.3. The summed E-state index contributed by atoms with van der Waals surface area (Å²) in [6.07, 6.45) is 3.82. The lowest BCUT2D eigenvalue weighted by Gasteiger charge is -2.34. The van der Waals surface area contributed by atoms with Crippen molar-refractivity contribution < 1.29 is 0 Å². The Hall–Kier alpha value is -0.760. The highest BCUT2D eigenvalue weighted by Gasteiger charge is 2.37. The van der Waals surface area contributed by atoms with E-state index in [2.05, 4.69) is 50.7 Å². The van der Waals surface area contributed by atoms with Crippen molar-refractivity contribution in [3.63, 3.8) is 0 Å². The molecule has 0 aliphatic carbocycles. The topological polar surface area (TPSA) is 17.0 Å². The van der Waals surface area contributed by atoms with Crippen LogP contribution in [-0.4, -0.2) is 16.7 Å². The highest BCUT2D eigenvalue weighted by molar-refractivity contribution is 5.29. The summed E-state index contributed by atoms with van der Waals surface area (Å²) in [4.78, 5) is 0. The normalized spacial score (nSPS) is 24.8. The molecule has 0 spiro atoms. The third-order valence-corrected chi connectivity index (χ3v) is 4.77. The Bertz CT molecular complexity index is 395. The fraction of sp³-hybridized carbons (Fsp3) is 0.733. The second kappa shape index (κ2) is 4.49. The van der Waals surface area contributed by atoms with E-state index in [0.29, 0.717) is 11.5 Å². The standard InChI is InChI=1S/C15H26N2/c1-11(2)15(7-6-8-16-15)10-14-9-12(3)17(5)13(14)4/h9,11,16H,6-8,10H2,1-5H3. The van der Waals surface area contributed by atoms with E-state index in [0.717, 1.165) is 0 Å². The lowest BCUT2D eigenvalue weighted by Crippen LogP contribution is -2.46. The van der Waals surface area contributed by atoms with Crippen LogP contribution in [0.3, 0.4) is 0 Å². The Balaban J connectivity index is 2.26. The summed E-state index contributed by atoms with van der Waals surface area (Å²) in [7, 11) is 2.16. The van der Waals surface area contributed by atoms with Crippen molar-refractivity contribution in [1.82, 2.24) is 9.88 Å². The predicted octanol–water partition coefficient (Wildman–Crippen LogP) is 2.96. The number of nitrogens with zero attached hydrogens (tertiary/aromatic N) is 1. The van der Waals surface area contributed by atoms with Crippen LogP contribution in [0, 0.1) is 19.8 Å². The van der Waals surface area contributed by atoms with Crippen molar-refractivity contribution in [3.05, 3.63) is 23.0 Å². The van der Waals surface area contributed by atoms with Gasteiger partial charge in [0.1, 0.15) is 0 Å². The van der Waals surface area contributed by atoms with Crippen LogP contribution in [0.4, 0.5) is 0 Å². The second-order valence-corrected chi connectivity index (χ2v) is 5.97. The smallest absolute Gasteiger partial charge is 0.0245 e. The van der Waals surface area contributed by atoms with Gasteiger partial charge in [-0.25, -0.2) is 0 Å². The third kappa shape index (κ3) is 2.15. The summed E-state index contributed by atoms with van der Waals surface area (Å²) < 4.78 is 2.30. The van der Waals surface area contributed by atoms with Gasteiger partial charge in [-0.3, -0.25) is 0 Å². The van der Waals surface area contributed by atoms with Gasteiger partial charge in [-0.05, 0) is 57.2 Å². The highest BCUT2D eigenvalue weighted by atomic mass is 15.0. The summed E-state index contributed by atoms with van der Waals surface area (Å²) >= 11 is 0. The Kier molecular flexibility index (Phi) is 3.35. The first-order chi connectivity index (χ1) is 7.96. The minimum atomic E-state index is 0.332. The van der Waals surface area contributed by atoms with E-state index in [-0.39, 0.29) is 0 Å². The number of nitrogens with one attached hydrogen (secondary N) is 1. The molecule has 2 heteroatoms. The Labute approximate surface area is 105 Å². The van der Waals surface area contributed by atoms with Crippen LogP contribution in [0.1, 0.15) is 43.6 Å². The van der Waals surface area contributed by atoms with Gasteiger partial charge in [0.05, 0.1) is 0 Å². The number of aromatic nitrogens is 1. The van der Waals surface area contributed by atoms with Crippen molar-refractivity contribution in [2.24, 2.45) is 13.0 Å². The van der Waals surface area contributed by atoms with Crippen molar-refractivity contribution in [3.8, 4) is 0 Å².